The van der Waals surface area contributed by atoms with Crippen LogP contribution < -0.4 is 0 Å². The molecule has 110 valence electrons. The second-order valence-electron chi connectivity index (χ2n) is 5.02. The van der Waals surface area contributed by atoms with E-state index in [4.69, 9.17) is 0 Å². The Kier molecular flexibility index (Phi) is 9.47. The minimum absolute atomic E-state index is 0.187. The maximum atomic E-state index is 13.3. The monoisotopic (exact) mass is 270 g/mol. The zero-order valence-corrected chi connectivity index (χ0v) is 11.5. The molecule has 4 heteroatoms. The van der Waals surface area contributed by atoms with Gasteiger partial charge in [-0.05, 0) is 12.8 Å². The highest BCUT2D eigenvalue weighted by atomic mass is 19.3. The Balaban J connectivity index is 3.97. The van der Waals surface area contributed by atoms with Crippen LogP contribution in [0.4, 0.5) is 17.6 Å². The molecule has 0 radical (unpaired) electrons. The largest absolute Gasteiger partial charge is 0.310 e. The van der Waals surface area contributed by atoms with Crippen LogP contribution in [0.5, 0.6) is 0 Å². The zero-order chi connectivity index (χ0) is 14.0. The van der Waals surface area contributed by atoms with E-state index >= 15 is 0 Å². The summed E-state index contributed by atoms with van der Waals surface area (Å²) >= 11 is 0. The summed E-state index contributed by atoms with van der Waals surface area (Å²) in [7, 11) is 0. The number of hydrogen-bond donors (Lipinski definition) is 0. The molecule has 0 fully saturated rings. The van der Waals surface area contributed by atoms with Gasteiger partial charge in [0.15, 0.2) is 0 Å². The van der Waals surface area contributed by atoms with Crippen LogP contribution in [0.15, 0.2) is 0 Å². The van der Waals surface area contributed by atoms with Crippen molar-refractivity contribution in [1.82, 2.24) is 0 Å². The van der Waals surface area contributed by atoms with E-state index in [-0.39, 0.29) is 12.8 Å². The first-order valence-electron chi connectivity index (χ1n) is 7.12. The molecule has 0 N–H and O–H groups in total. The number of halogens is 4. The third kappa shape index (κ3) is 6.60. The lowest BCUT2D eigenvalue weighted by Crippen LogP contribution is -2.36. The van der Waals surface area contributed by atoms with Gasteiger partial charge in [0.1, 0.15) is 0 Å². The van der Waals surface area contributed by atoms with Crippen molar-refractivity contribution in [3.8, 4) is 0 Å². The van der Waals surface area contributed by atoms with Gasteiger partial charge in [-0.15, -0.1) is 0 Å². The summed E-state index contributed by atoms with van der Waals surface area (Å²) in [6, 6.07) is 0. The van der Waals surface area contributed by atoms with E-state index in [0.717, 1.165) is 32.1 Å². The van der Waals surface area contributed by atoms with Crippen molar-refractivity contribution in [2.45, 2.75) is 84.0 Å². The molecule has 0 saturated heterocycles. The lowest BCUT2D eigenvalue weighted by molar-refractivity contribution is -0.168. The zero-order valence-electron chi connectivity index (χ0n) is 11.5. The molecule has 0 aromatic carbocycles. The van der Waals surface area contributed by atoms with Crippen molar-refractivity contribution < 1.29 is 17.6 Å². The molecule has 0 nitrogen and oxygen atoms in total. The fourth-order valence-corrected chi connectivity index (χ4v) is 2.23. The molecule has 1 atom stereocenters. The van der Waals surface area contributed by atoms with Crippen molar-refractivity contribution in [3.05, 3.63) is 0 Å². The highest BCUT2D eigenvalue weighted by Gasteiger charge is 2.47. The summed E-state index contributed by atoms with van der Waals surface area (Å²) in [5, 5.41) is 0. The van der Waals surface area contributed by atoms with Gasteiger partial charge in [0.25, 0.3) is 0 Å². The maximum Gasteiger partial charge on any atom is 0.310 e. The van der Waals surface area contributed by atoms with Crippen molar-refractivity contribution in [2.75, 3.05) is 0 Å². The van der Waals surface area contributed by atoms with Crippen LogP contribution in [0, 0.1) is 5.92 Å². The van der Waals surface area contributed by atoms with Gasteiger partial charge in [-0.2, -0.15) is 8.78 Å². The summed E-state index contributed by atoms with van der Waals surface area (Å²) in [6.45, 7) is 3.87. The van der Waals surface area contributed by atoms with Crippen molar-refractivity contribution in [3.63, 3.8) is 0 Å². The van der Waals surface area contributed by atoms with Crippen molar-refractivity contribution in [2.24, 2.45) is 5.92 Å². The minimum Gasteiger partial charge on any atom is -0.204 e. The van der Waals surface area contributed by atoms with E-state index in [2.05, 4.69) is 6.92 Å². The van der Waals surface area contributed by atoms with Gasteiger partial charge < -0.3 is 0 Å². The second kappa shape index (κ2) is 9.62. The van der Waals surface area contributed by atoms with Gasteiger partial charge in [-0.1, -0.05) is 58.8 Å². The Labute approximate surface area is 108 Å². The molecule has 0 bridgehead atoms. The van der Waals surface area contributed by atoms with E-state index in [0.29, 0.717) is 12.8 Å². The molecule has 0 aliphatic rings. The molecule has 0 aliphatic carbocycles. The van der Waals surface area contributed by atoms with Crippen LogP contribution in [0.2, 0.25) is 0 Å². The van der Waals surface area contributed by atoms with Gasteiger partial charge in [-0.3, -0.25) is 0 Å². The van der Waals surface area contributed by atoms with Gasteiger partial charge in [0.05, 0.1) is 0 Å². The normalized spacial score (nSPS) is 14.2. The molecule has 0 aliphatic heterocycles. The summed E-state index contributed by atoms with van der Waals surface area (Å²) in [6.07, 6.45) is 3.35. The highest BCUT2D eigenvalue weighted by molar-refractivity contribution is 4.79. The standard InChI is InChI=1S/C14H26F4/c1-3-5-6-7-8-9-11-12(10-4-2)14(17,18)13(15)16/h12-13H,3-11H2,1-2H3. The van der Waals surface area contributed by atoms with E-state index in [9.17, 15) is 17.6 Å². The van der Waals surface area contributed by atoms with Crippen LogP contribution in [0.1, 0.15) is 71.6 Å². The molecule has 0 rings (SSSR count). The Morgan fingerprint density at radius 1 is 0.778 bits per heavy atom. The summed E-state index contributed by atoms with van der Waals surface area (Å²) < 4.78 is 51.2. The molecule has 0 aromatic heterocycles. The van der Waals surface area contributed by atoms with Crippen molar-refractivity contribution >= 4 is 0 Å². The molecular formula is C14H26F4. The summed E-state index contributed by atoms with van der Waals surface area (Å²) in [4.78, 5) is 0. The van der Waals surface area contributed by atoms with Gasteiger partial charge >= 0.3 is 12.3 Å². The van der Waals surface area contributed by atoms with E-state index in [1.54, 1.807) is 6.92 Å². The number of alkyl halides is 4. The topological polar surface area (TPSA) is 0 Å². The molecule has 0 aromatic rings. The predicted octanol–water partition coefficient (Wildman–Crippen LogP) is 6.05. The summed E-state index contributed by atoms with van der Waals surface area (Å²) in [5.74, 6) is -4.98. The minimum atomic E-state index is -3.82. The van der Waals surface area contributed by atoms with Gasteiger partial charge in [0.2, 0.25) is 0 Å². The fourth-order valence-electron chi connectivity index (χ4n) is 2.23. The first-order valence-corrected chi connectivity index (χ1v) is 7.12. The second-order valence-corrected chi connectivity index (χ2v) is 5.02. The Morgan fingerprint density at radius 3 is 1.83 bits per heavy atom. The highest BCUT2D eigenvalue weighted by Crippen LogP contribution is 2.37. The quantitative estimate of drug-likeness (QED) is 0.316. The van der Waals surface area contributed by atoms with Crippen LogP contribution in [-0.4, -0.2) is 12.3 Å². The lowest BCUT2D eigenvalue weighted by Gasteiger charge is -2.26. The Hall–Kier alpha value is -0.280. The molecule has 0 amide bonds. The molecular weight excluding hydrogens is 244 g/mol. The first-order chi connectivity index (χ1) is 8.46. The van der Waals surface area contributed by atoms with E-state index in [1.807, 2.05) is 0 Å². The fraction of sp³-hybridized carbons (Fsp3) is 1.00. The van der Waals surface area contributed by atoms with Crippen LogP contribution in [0.25, 0.3) is 0 Å². The van der Waals surface area contributed by atoms with Gasteiger partial charge in [-0.25, -0.2) is 8.78 Å². The van der Waals surface area contributed by atoms with Crippen molar-refractivity contribution in [1.29, 1.82) is 0 Å². The van der Waals surface area contributed by atoms with Crippen LogP contribution >= 0.6 is 0 Å². The van der Waals surface area contributed by atoms with Crippen LogP contribution in [0.3, 0.4) is 0 Å². The number of unbranched alkanes of at least 4 members (excludes halogenated alkanes) is 5. The predicted molar refractivity (Wildman–Crippen MR) is 67.3 cm³/mol. The third-order valence-corrected chi connectivity index (χ3v) is 3.38. The Bertz CT molecular complexity index is 192. The van der Waals surface area contributed by atoms with Crippen LogP contribution in [-0.2, 0) is 0 Å². The average Bonchev–Trinajstić information content (AvgIpc) is 2.31. The number of rotatable bonds is 11. The lowest BCUT2D eigenvalue weighted by atomic mass is 9.90. The number of hydrogen-bond acceptors (Lipinski definition) is 0. The molecule has 0 spiro atoms. The van der Waals surface area contributed by atoms with E-state index in [1.165, 1.54) is 0 Å². The van der Waals surface area contributed by atoms with E-state index < -0.39 is 18.3 Å². The maximum absolute atomic E-state index is 13.3. The average molecular weight is 270 g/mol. The summed E-state index contributed by atoms with van der Waals surface area (Å²) in [5.41, 5.74) is 0. The third-order valence-electron chi connectivity index (χ3n) is 3.38. The first kappa shape index (κ1) is 17.7. The Morgan fingerprint density at radius 2 is 1.33 bits per heavy atom. The molecule has 0 saturated carbocycles. The molecule has 0 heterocycles. The molecule has 1 unspecified atom stereocenters. The van der Waals surface area contributed by atoms with Gasteiger partial charge in [0, 0.05) is 5.92 Å². The smallest absolute Gasteiger partial charge is 0.204 e. The molecule has 18 heavy (non-hydrogen) atoms. The SMILES string of the molecule is CCCCCCCCC(CCC)C(F)(F)C(F)F.